The Morgan fingerprint density at radius 2 is 2.15 bits per heavy atom. The standard InChI is InChI=1S/C14H18N2O3S/c1-2-7-19-14(18)10-3-5-11(6-4-10)16-13(17)12-8-20-9-15-12/h3-6,12,15H,2,7-9H2,1H3,(H,16,17). The summed E-state index contributed by atoms with van der Waals surface area (Å²) in [6.45, 7) is 2.36. The number of carbonyl (C=O) groups excluding carboxylic acids is 2. The van der Waals surface area contributed by atoms with Crippen molar-refractivity contribution in [3.63, 3.8) is 0 Å². The van der Waals surface area contributed by atoms with Crippen molar-refractivity contribution in [1.29, 1.82) is 0 Å². The van der Waals surface area contributed by atoms with Crippen molar-refractivity contribution in [2.24, 2.45) is 0 Å². The summed E-state index contributed by atoms with van der Waals surface area (Å²) < 4.78 is 5.04. The zero-order chi connectivity index (χ0) is 14.4. The second-order valence-electron chi connectivity index (χ2n) is 4.47. The fourth-order valence-electron chi connectivity index (χ4n) is 1.76. The van der Waals surface area contributed by atoms with Gasteiger partial charge in [0.2, 0.25) is 5.91 Å². The Morgan fingerprint density at radius 3 is 2.75 bits per heavy atom. The molecule has 0 bridgehead atoms. The van der Waals surface area contributed by atoms with Gasteiger partial charge < -0.3 is 10.1 Å². The smallest absolute Gasteiger partial charge is 0.338 e. The lowest BCUT2D eigenvalue weighted by molar-refractivity contribution is -0.117. The van der Waals surface area contributed by atoms with Crippen LogP contribution in [0.4, 0.5) is 5.69 Å². The number of hydrogen-bond donors (Lipinski definition) is 2. The second-order valence-corrected chi connectivity index (χ2v) is 5.50. The van der Waals surface area contributed by atoms with Crippen molar-refractivity contribution < 1.29 is 14.3 Å². The normalized spacial score (nSPS) is 17.8. The van der Waals surface area contributed by atoms with Gasteiger partial charge in [-0.25, -0.2) is 4.79 Å². The molecule has 1 saturated heterocycles. The molecule has 0 aliphatic carbocycles. The molecular weight excluding hydrogens is 276 g/mol. The van der Waals surface area contributed by atoms with Crippen LogP contribution >= 0.6 is 11.8 Å². The van der Waals surface area contributed by atoms with Gasteiger partial charge in [-0.1, -0.05) is 6.92 Å². The van der Waals surface area contributed by atoms with Crippen LogP contribution in [0.25, 0.3) is 0 Å². The maximum absolute atomic E-state index is 11.9. The number of hydrogen-bond acceptors (Lipinski definition) is 5. The lowest BCUT2D eigenvalue weighted by atomic mass is 10.2. The van der Waals surface area contributed by atoms with Crippen molar-refractivity contribution >= 4 is 29.3 Å². The van der Waals surface area contributed by atoms with E-state index in [2.05, 4.69) is 10.6 Å². The predicted octanol–water partition coefficient (Wildman–Crippen LogP) is 1.85. The lowest BCUT2D eigenvalue weighted by Gasteiger charge is -2.10. The molecule has 1 atom stereocenters. The van der Waals surface area contributed by atoms with Crippen molar-refractivity contribution in [2.75, 3.05) is 23.6 Å². The maximum atomic E-state index is 11.9. The van der Waals surface area contributed by atoms with Crippen LogP contribution in [-0.4, -0.2) is 36.2 Å². The van der Waals surface area contributed by atoms with Crippen molar-refractivity contribution in [1.82, 2.24) is 5.32 Å². The van der Waals surface area contributed by atoms with Gasteiger partial charge in [0.15, 0.2) is 0 Å². The third-order valence-electron chi connectivity index (χ3n) is 2.86. The highest BCUT2D eigenvalue weighted by Gasteiger charge is 2.22. The predicted molar refractivity (Wildman–Crippen MR) is 79.9 cm³/mol. The minimum Gasteiger partial charge on any atom is -0.462 e. The van der Waals surface area contributed by atoms with Gasteiger partial charge in [-0.15, -0.1) is 11.8 Å². The van der Waals surface area contributed by atoms with Crippen LogP contribution in [0, 0.1) is 0 Å². The van der Waals surface area contributed by atoms with Crippen molar-refractivity contribution in [3.05, 3.63) is 29.8 Å². The van der Waals surface area contributed by atoms with E-state index in [1.54, 1.807) is 36.0 Å². The molecule has 1 aromatic carbocycles. The van der Waals surface area contributed by atoms with Crippen LogP contribution in [0.3, 0.4) is 0 Å². The fraction of sp³-hybridized carbons (Fsp3) is 0.429. The summed E-state index contributed by atoms with van der Waals surface area (Å²) in [5.41, 5.74) is 1.17. The highest BCUT2D eigenvalue weighted by atomic mass is 32.2. The third kappa shape index (κ3) is 3.98. The Balaban J connectivity index is 1.90. The number of benzene rings is 1. The Bertz CT molecular complexity index is 470. The molecule has 1 aromatic rings. The van der Waals surface area contributed by atoms with Gasteiger partial charge in [-0.2, -0.15) is 0 Å². The second kappa shape index (κ2) is 7.31. The van der Waals surface area contributed by atoms with E-state index in [1.807, 2.05) is 6.92 Å². The average Bonchev–Trinajstić information content (AvgIpc) is 3.00. The van der Waals surface area contributed by atoms with Gasteiger partial charge in [-0.05, 0) is 30.7 Å². The minimum absolute atomic E-state index is 0.0451. The minimum atomic E-state index is -0.335. The molecule has 20 heavy (non-hydrogen) atoms. The number of ether oxygens (including phenoxy) is 1. The van der Waals surface area contributed by atoms with E-state index in [0.717, 1.165) is 18.1 Å². The van der Waals surface area contributed by atoms with Crippen LogP contribution in [0.5, 0.6) is 0 Å². The first-order valence-electron chi connectivity index (χ1n) is 6.60. The van der Waals surface area contributed by atoms with Crippen LogP contribution in [-0.2, 0) is 9.53 Å². The summed E-state index contributed by atoms with van der Waals surface area (Å²) in [5, 5.41) is 5.93. The molecular formula is C14H18N2O3S. The Labute approximate surface area is 122 Å². The van der Waals surface area contributed by atoms with Crippen LogP contribution in [0.1, 0.15) is 23.7 Å². The Kier molecular flexibility index (Phi) is 5.43. The molecule has 108 valence electrons. The number of amides is 1. The topological polar surface area (TPSA) is 67.4 Å². The van der Waals surface area contributed by atoms with Crippen LogP contribution in [0.2, 0.25) is 0 Å². The first-order valence-corrected chi connectivity index (χ1v) is 7.75. The van der Waals surface area contributed by atoms with Gasteiger partial charge in [0.05, 0.1) is 18.2 Å². The lowest BCUT2D eigenvalue weighted by Crippen LogP contribution is -2.37. The zero-order valence-corrected chi connectivity index (χ0v) is 12.2. The number of thioether (sulfide) groups is 1. The summed E-state index contributed by atoms with van der Waals surface area (Å²) in [7, 11) is 0. The number of carbonyl (C=O) groups is 2. The number of nitrogens with one attached hydrogen (secondary N) is 2. The van der Waals surface area contributed by atoms with Gasteiger partial charge >= 0.3 is 5.97 Å². The fourth-order valence-corrected chi connectivity index (χ4v) is 2.70. The van der Waals surface area contributed by atoms with E-state index < -0.39 is 0 Å². The van der Waals surface area contributed by atoms with E-state index in [4.69, 9.17) is 4.74 Å². The van der Waals surface area contributed by atoms with Crippen molar-refractivity contribution in [2.45, 2.75) is 19.4 Å². The van der Waals surface area contributed by atoms with E-state index in [0.29, 0.717) is 17.9 Å². The summed E-state index contributed by atoms with van der Waals surface area (Å²) in [6.07, 6.45) is 0.798. The molecule has 1 fully saturated rings. The van der Waals surface area contributed by atoms with E-state index >= 15 is 0 Å². The third-order valence-corrected chi connectivity index (χ3v) is 3.80. The summed E-state index contributed by atoms with van der Waals surface area (Å²) >= 11 is 1.70. The molecule has 1 aliphatic heterocycles. The summed E-state index contributed by atoms with van der Waals surface area (Å²) in [5.74, 6) is 1.21. The molecule has 0 spiro atoms. The zero-order valence-electron chi connectivity index (χ0n) is 11.3. The largest absolute Gasteiger partial charge is 0.462 e. The maximum Gasteiger partial charge on any atom is 0.338 e. The molecule has 6 heteroatoms. The summed E-state index contributed by atoms with van der Waals surface area (Å²) in [6, 6.07) is 6.59. The van der Waals surface area contributed by atoms with E-state index in [9.17, 15) is 9.59 Å². The van der Waals surface area contributed by atoms with E-state index in [1.165, 1.54) is 0 Å². The molecule has 1 amide bonds. The first kappa shape index (κ1) is 14.9. The quantitative estimate of drug-likeness (QED) is 0.811. The van der Waals surface area contributed by atoms with Gasteiger partial charge in [0.25, 0.3) is 0 Å². The first-order chi connectivity index (χ1) is 9.70. The molecule has 5 nitrogen and oxygen atoms in total. The molecule has 2 rings (SSSR count). The monoisotopic (exact) mass is 294 g/mol. The number of rotatable bonds is 5. The molecule has 0 saturated carbocycles. The number of esters is 1. The molecule has 1 unspecified atom stereocenters. The molecule has 0 radical (unpaired) electrons. The van der Waals surface area contributed by atoms with Gasteiger partial charge in [-0.3, -0.25) is 10.1 Å². The van der Waals surface area contributed by atoms with Gasteiger partial charge in [0.1, 0.15) is 0 Å². The van der Waals surface area contributed by atoms with Gasteiger partial charge in [0, 0.05) is 17.3 Å². The summed E-state index contributed by atoms with van der Waals surface area (Å²) in [4.78, 5) is 23.5. The number of anilines is 1. The molecule has 2 N–H and O–H groups in total. The van der Waals surface area contributed by atoms with Crippen molar-refractivity contribution in [3.8, 4) is 0 Å². The average molecular weight is 294 g/mol. The Morgan fingerprint density at radius 1 is 1.40 bits per heavy atom. The SMILES string of the molecule is CCCOC(=O)c1ccc(NC(=O)C2CSCN2)cc1. The highest BCUT2D eigenvalue weighted by Crippen LogP contribution is 2.14. The molecule has 0 aromatic heterocycles. The van der Waals surface area contributed by atoms with E-state index in [-0.39, 0.29) is 17.9 Å². The molecule has 1 heterocycles. The van der Waals surface area contributed by atoms with Crippen LogP contribution < -0.4 is 10.6 Å². The molecule has 1 aliphatic rings. The highest BCUT2D eigenvalue weighted by molar-refractivity contribution is 7.99. The van der Waals surface area contributed by atoms with Crippen LogP contribution in [0.15, 0.2) is 24.3 Å². The Hall–Kier alpha value is -1.53.